The van der Waals surface area contributed by atoms with Gasteiger partial charge < -0.3 is 24.4 Å². The first-order valence-corrected chi connectivity index (χ1v) is 12.8. The number of amides is 2. The first kappa shape index (κ1) is 27.0. The van der Waals surface area contributed by atoms with Gasteiger partial charge in [0.05, 0.1) is 32.6 Å². The van der Waals surface area contributed by atoms with Crippen molar-refractivity contribution in [3.05, 3.63) is 82.7 Å². The lowest BCUT2D eigenvalue weighted by atomic mass is 9.89. The van der Waals surface area contributed by atoms with Crippen molar-refractivity contribution >= 4 is 11.8 Å². The molecule has 1 N–H and O–H groups in total. The molecule has 0 radical (unpaired) electrons. The van der Waals surface area contributed by atoms with Gasteiger partial charge in [0.1, 0.15) is 5.75 Å². The highest BCUT2D eigenvalue weighted by molar-refractivity contribution is 5.96. The number of benzene rings is 2. The first-order chi connectivity index (χ1) is 18.4. The lowest BCUT2D eigenvalue weighted by molar-refractivity contribution is 0.0710. The number of hydrogen-bond donors (Lipinski definition) is 1. The molecule has 0 aliphatic carbocycles. The largest absolute Gasteiger partial charge is 0.497 e. The highest BCUT2D eigenvalue weighted by Crippen LogP contribution is 2.31. The number of pyridine rings is 1. The molecule has 0 bridgehead atoms. The van der Waals surface area contributed by atoms with E-state index in [2.05, 4.69) is 5.32 Å². The van der Waals surface area contributed by atoms with E-state index in [0.29, 0.717) is 54.4 Å². The molecule has 1 saturated heterocycles. The summed E-state index contributed by atoms with van der Waals surface area (Å²) in [4.78, 5) is 32.8. The molecule has 1 aromatic heterocycles. The van der Waals surface area contributed by atoms with Crippen molar-refractivity contribution < 1.29 is 23.8 Å². The Bertz CT molecular complexity index is 1280. The number of methoxy groups -OCH3 is 3. The van der Waals surface area contributed by atoms with Crippen LogP contribution in [0.1, 0.15) is 56.4 Å². The molecule has 0 spiro atoms. The van der Waals surface area contributed by atoms with Gasteiger partial charge in [-0.1, -0.05) is 12.1 Å². The van der Waals surface area contributed by atoms with E-state index in [0.717, 1.165) is 29.8 Å². The Morgan fingerprint density at radius 2 is 1.71 bits per heavy atom. The zero-order valence-corrected chi connectivity index (χ0v) is 22.5. The zero-order chi connectivity index (χ0) is 27.1. The monoisotopic (exact) mass is 517 g/mol. The molecule has 2 heterocycles. The normalized spacial score (nSPS) is 13.6. The van der Waals surface area contributed by atoms with Crippen LogP contribution < -0.4 is 19.5 Å². The summed E-state index contributed by atoms with van der Waals surface area (Å²) in [6.45, 7) is 3.63. The van der Waals surface area contributed by atoms with E-state index >= 15 is 0 Å². The number of nitrogens with zero attached hydrogens (tertiary/aromatic N) is 2. The van der Waals surface area contributed by atoms with Crippen LogP contribution in [0.5, 0.6) is 17.2 Å². The predicted molar refractivity (Wildman–Crippen MR) is 145 cm³/mol. The lowest BCUT2D eigenvalue weighted by Crippen LogP contribution is -2.38. The van der Waals surface area contributed by atoms with Gasteiger partial charge in [-0.05, 0) is 74.2 Å². The van der Waals surface area contributed by atoms with E-state index in [1.165, 1.54) is 0 Å². The van der Waals surface area contributed by atoms with Crippen molar-refractivity contribution in [3.63, 3.8) is 0 Å². The fourth-order valence-electron chi connectivity index (χ4n) is 4.83. The van der Waals surface area contributed by atoms with Gasteiger partial charge in [0.25, 0.3) is 11.8 Å². The Morgan fingerprint density at radius 3 is 2.42 bits per heavy atom. The molecule has 3 aromatic rings. The second-order valence-electron chi connectivity index (χ2n) is 9.38. The minimum Gasteiger partial charge on any atom is -0.497 e. The van der Waals surface area contributed by atoms with E-state index in [1.54, 1.807) is 27.4 Å². The molecule has 200 valence electrons. The fraction of sp³-hybridized carbons (Fsp3) is 0.367. The lowest BCUT2D eigenvalue weighted by Gasteiger charge is -2.32. The summed E-state index contributed by atoms with van der Waals surface area (Å²) >= 11 is 0. The number of carbonyl (C=O) groups excluding carboxylic acids is 2. The third-order valence-corrected chi connectivity index (χ3v) is 6.94. The molecule has 38 heavy (non-hydrogen) atoms. The second-order valence-corrected chi connectivity index (χ2v) is 9.38. The SMILES string of the molecule is COc1cccc(C(=O)N2CCC(c3nc(C)ccc3C(=O)NCCc3ccc(OC)c(OC)c3)CC2)c1. The van der Waals surface area contributed by atoms with Crippen LogP contribution >= 0.6 is 0 Å². The van der Waals surface area contributed by atoms with Gasteiger partial charge in [0.15, 0.2) is 11.5 Å². The summed E-state index contributed by atoms with van der Waals surface area (Å²) in [5.41, 5.74) is 3.93. The smallest absolute Gasteiger partial charge is 0.253 e. The summed E-state index contributed by atoms with van der Waals surface area (Å²) in [7, 11) is 4.80. The van der Waals surface area contributed by atoms with Crippen molar-refractivity contribution in [1.29, 1.82) is 0 Å². The summed E-state index contributed by atoms with van der Waals surface area (Å²) in [6, 6.07) is 16.7. The van der Waals surface area contributed by atoms with Crippen molar-refractivity contribution in [3.8, 4) is 17.2 Å². The highest BCUT2D eigenvalue weighted by Gasteiger charge is 2.28. The standard InChI is InChI=1S/C30H35N3O5/c1-20-8-10-25(29(34)31-15-12-21-9-11-26(37-3)27(18-21)38-4)28(32-20)22-13-16-33(17-14-22)30(35)23-6-5-7-24(19-23)36-2/h5-11,18-19,22H,12-17H2,1-4H3,(H,31,34). The van der Waals surface area contributed by atoms with Crippen molar-refractivity contribution in [1.82, 2.24) is 15.2 Å². The molecule has 0 unspecified atom stereocenters. The maximum atomic E-state index is 13.2. The number of likely N-dealkylation sites (tertiary alicyclic amines) is 1. The van der Waals surface area contributed by atoms with E-state index in [4.69, 9.17) is 19.2 Å². The maximum Gasteiger partial charge on any atom is 0.253 e. The summed E-state index contributed by atoms with van der Waals surface area (Å²) < 4.78 is 15.9. The first-order valence-electron chi connectivity index (χ1n) is 12.8. The van der Waals surface area contributed by atoms with Crippen molar-refractivity contribution in [2.75, 3.05) is 41.0 Å². The Balaban J connectivity index is 1.38. The van der Waals surface area contributed by atoms with Crippen molar-refractivity contribution in [2.45, 2.75) is 32.1 Å². The van der Waals surface area contributed by atoms with Gasteiger partial charge in [-0.25, -0.2) is 0 Å². The number of hydrogen-bond acceptors (Lipinski definition) is 6. The van der Waals surface area contributed by atoms with Gasteiger partial charge in [-0.15, -0.1) is 0 Å². The van der Waals surface area contributed by atoms with E-state index in [1.807, 2.05) is 60.4 Å². The zero-order valence-electron chi connectivity index (χ0n) is 22.5. The summed E-state index contributed by atoms with van der Waals surface area (Å²) in [5.74, 6) is 1.97. The van der Waals surface area contributed by atoms with Crippen LogP contribution in [0.25, 0.3) is 0 Å². The van der Waals surface area contributed by atoms with E-state index in [9.17, 15) is 9.59 Å². The van der Waals surface area contributed by atoms with Crippen LogP contribution in [0.2, 0.25) is 0 Å². The molecule has 4 rings (SSSR count). The molecule has 1 aliphatic rings. The van der Waals surface area contributed by atoms with Crippen LogP contribution in [-0.2, 0) is 6.42 Å². The quantitative estimate of drug-likeness (QED) is 0.452. The average Bonchev–Trinajstić information content (AvgIpc) is 2.96. The highest BCUT2D eigenvalue weighted by atomic mass is 16.5. The van der Waals surface area contributed by atoms with Gasteiger partial charge >= 0.3 is 0 Å². The van der Waals surface area contributed by atoms with Crippen LogP contribution in [0, 0.1) is 6.92 Å². The van der Waals surface area contributed by atoms with Crippen LogP contribution in [0.3, 0.4) is 0 Å². The molecule has 2 aromatic carbocycles. The van der Waals surface area contributed by atoms with Crippen LogP contribution in [0.4, 0.5) is 0 Å². The molecule has 8 heteroatoms. The molecule has 0 saturated carbocycles. The summed E-state index contributed by atoms with van der Waals surface area (Å²) in [6.07, 6.45) is 2.15. The molecule has 8 nitrogen and oxygen atoms in total. The van der Waals surface area contributed by atoms with Gasteiger partial charge in [-0.3, -0.25) is 14.6 Å². The molecule has 1 fully saturated rings. The molecular formula is C30H35N3O5. The number of rotatable bonds is 9. The van der Waals surface area contributed by atoms with Gasteiger partial charge in [-0.2, -0.15) is 0 Å². The van der Waals surface area contributed by atoms with E-state index < -0.39 is 0 Å². The Hall–Kier alpha value is -4.07. The third kappa shape index (κ3) is 6.25. The number of carbonyl (C=O) groups is 2. The summed E-state index contributed by atoms with van der Waals surface area (Å²) in [5, 5.41) is 3.04. The maximum absolute atomic E-state index is 13.2. The average molecular weight is 518 g/mol. The van der Waals surface area contributed by atoms with Gasteiger partial charge in [0, 0.05) is 36.8 Å². The van der Waals surface area contributed by atoms with Crippen LogP contribution in [-0.4, -0.2) is 62.7 Å². The van der Waals surface area contributed by atoms with Gasteiger partial charge in [0.2, 0.25) is 0 Å². The Labute approximate surface area is 223 Å². The number of aromatic nitrogens is 1. The topological polar surface area (TPSA) is 90.0 Å². The number of ether oxygens (including phenoxy) is 3. The fourth-order valence-corrected chi connectivity index (χ4v) is 4.83. The minimum absolute atomic E-state index is 0.00678. The third-order valence-electron chi connectivity index (χ3n) is 6.94. The molecule has 2 amide bonds. The molecule has 1 aliphatic heterocycles. The number of piperidine rings is 1. The Kier molecular flexibility index (Phi) is 8.84. The molecule has 0 atom stereocenters. The second kappa shape index (κ2) is 12.4. The molecular weight excluding hydrogens is 482 g/mol. The Morgan fingerprint density at radius 1 is 0.947 bits per heavy atom. The number of aryl methyl sites for hydroxylation is 1. The van der Waals surface area contributed by atoms with Crippen molar-refractivity contribution in [2.24, 2.45) is 0 Å². The predicted octanol–water partition coefficient (Wildman–Crippen LogP) is 4.41. The minimum atomic E-state index is -0.136. The van der Waals surface area contributed by atoms with E-state index in [-0.39, 0.29) is 17.7 Å². The van der Waals surface area contributed by atoms with Crippen LogP contribution in [0.15, 0.2) is 54.6 Å². The number of nitrogens with one attached hydrogen (secondary N) is 1.